The monoisotopic (exact) mass is 362 g/mol. The summed E-state index contributed by atoms with van der Waals surface area (Å²) in [5.41, 5.74) is 1.18. The lowest BCUT2D eigenvalue weighted by atomic mass is 9.94. The summed E-state index contributed by atoms with van der Waals surface area (Å²) in [7, 11) is -1.83. The van der Waals surface area contributed by atoms with Crippen LogP contribution in [0.2, 0.25) is 18.1 Å². The largest absolute Gasteiger partial charge is 0.490 e. The molecule has 0 aromatic heterocycles. The Bertz CT molecular complexity index is 562. The van der Waals surface area contributed by atoms with Gasteiger partial charge in [0.05, 0.1) is 13.2 Å². The molecule has 3 atom stereocenters. The highest BCUT2D eigenvalue weighted by atomic mass is 28.4. The first-order valence-corrected chi connectivity index (χ1v) is 12.2. The molecule has 0 unspecified atom stereocenters. The second-order valence-corrected chi connectivity index (χ2v) is 13.5. The molecule has 25 heavy (non-hydrogen) atoms. The Morgan fingerprint density at radius 3 is 2.44 bits per heavy atom. The lowest BCUT2D eigenvalue weighted by molar-refractivity contribution is -0.0701. The molecule has 3 nitrogen and oxygen atoms in total. The normalized spacial score (nSPS) is 24.9. The van der Waals surface area contributed by atoms with Crippen LogP contribution in [0.4, 0.5) is 0 Å². The zero-order chi connectivity index (χ0) is 18.7. The van der Waals surface area contributed by atoms with Crippen molar-refractivity contribution in [1.29, 1.82) is 0 Å². The van der Waals surface area contributed by atoms with Crippen molar-refractivity contribution < 1.29 is 13.9 Å². The minimum atomic E-state index is -1.83. The molecule has 1 aliphatic rings. The fraction of sp³-hybridized carbons (Fsp3) is 0.619. The molecule has 2 rings (SSSR count). The third-order valence-electron chi connectivity index (χ3n) is 5.52. The molecular formula is C21H34O3Si. The summed E-state index contributed by atoms with van der Waals surface area (Å²) in [5, 5.41) is 0.187. The third kappa shape index (κ3) is 5.43. The molecule has 1 fully saturated rings. The van der Waals surface area contributed by atoms with E-state index in [1.807, 2.05) is 18.2 Å². The molecule has 0 spiro atoms. The topological polar surface area (TPSA) is 27.7 Å². The van der Waals surface area contributed by atoms with E-state index in [1.54, 1.807) is 0 Å². The van der Waals surface area contributed by atoms with Crippen molar-refractivity contribution in [3.05, 3.63) is 48.2 Å². The van der Waals surface area contributed by atoms with Crippen molar-refractivity contribution in [2.45, 2.75) is 71.1 Å². The molecule has 1 saturated heterocycles. The van der Waals surface area contributed by atoms with E-state index >= 15 is 0 Å². The average molecular weight is 363 g/mol. The van der Waals surface area contributed by atoms with Crippen molar-refractivity contribution >= 4 is 8.32 Å². The first-order valence-electron chi connectivity index (χ1n) is 9.25. The third-order valence-corrected chi connectivity index (χ3v) is 10.0. The van der Waals surface area contributed by atoms with Gasteiger partial charge in [0.1, 0.15) is 18.0 Å². The van der Waals surface area contributed by atoms with Gasteiger partial charge in [0.2, 0.25) is 0 Å². The molecule has 140 valence electrons. The summed E-state index contributed by atoms with van der Waals surface area (Å²) in [6, 6.07) is 10.2. The van der Waals surface area contributed by atoms with E-state index in [0.29, 0.717) is 19.1 Å². The van der Waals surface area contributed by atoms with Crippen LogP contribution < -0.4 is 0 Å². The van der Waals surface area contributed by atoms with Gasteiger partial charge in [-0.15, -0.1) is 0 Å². The lowest BCUT2D eigenvalue weighted by Crippen LogP contribution is -2.47. The first-order chi connectivity index (χ1) is 11.6. The molecule has 1 aromatic carbocycles. The van der Waals surface area contributed by atoms with E-state index in [-0.39, 0.29) is 17.2 Å². The maximum Gasteiger partial charge on any atom is 0.193 e. The maximum atomic E-state index is 6.52. The van der Waals surface area contributed by atoms with Crippen LogP contribution in [0.3, 0.4) is 0 Å². The van der Waals surface area contributed by atoms with E-state index in [4.69, 9.17) is 13.9 Å². The van der Waals surface area contributed by atoms with Crippen molar-refractivity contribution in [2.24, 2.45) is 5.92 Å². The molecule has 0 N–H and O–H groups in total. The summed E-state index contributed by atoms with van der Waals surface area (Å²) in [4.78, 5) is 0. The van der Waals surface area contributed by atoms with E-state index in [1.165, 1.54) is 5.56 Å². The van der Waals surface area contributed by atoms with Crippen LogP contribution in [0.25, 0.3) is 0 Å². The molecule has 1 aliphatic heterocycles. The second kappa shape index (κ2) is 8.06. The number of ether oxygens (including phenoxy) is 2. The summed E-state index contributed by atoms with van der Waals surface area (Å²) in [5.74, 6) is 1.15. The highest BCUT2D eigenvalue weighted by Crippen LogP contribution is 2.40. The Labute approximate surface area is 154 Å². The Hall–Kier alpha value is -1.10. The molecular weight excluding hydrogens is 328 g/mol. The van der Waals surface area contributed by atoms with Crippen LogP contribution in [-0.2, 0) is 20.5 Å². The zero-order valence-electron chi connectivity index (χ0n) is 16.7. The summed E-state index contributed by atoms with van der Waals surface area (Å²) in [6.45, 7) is 18.9. The second-order valence-electron chi connectivity index (χ2n) is 8.70. The molecule has 0 saturated carbocycles. The van der Waals surface area contributed by atoms with Crippen LogP contribution in [0.1, 0.15) is 39.7 Å². The highest BCUT2D eigenvalue weighted by molar-refractivity contribution is 6.74. The molecule has 4 heteroatoms. The fourth-order valence-corrected chi connectivity index (χ4v) is 4.01. The Balaban J connectivity index is 1.86. The molecule has 0 radical (unpaired) electrons. The van der Waals surface area contributed by atoms with Gasteiger partial charge in [-0.3, -0.25) is 0 Å². The van der Waals surface area contributed by atoms with Crippen LogP contribution in [-0.4, -0.2) is 27.1 Å². The van der Waals surface area contributed by atoms with E-state index in [0.717, 1.165) is 12.2 Å². The van der Waals surface area contributed by atoms with Crippen molar-refractivity contribution in [3.63, 3.8) is 0 Å². The smallest absolute Gasteiger partial charge is 0.193 e. The summed E-state index contributed by atoms with van der Waals surface area (Å²) < 4.78 is 18.5. The van der Waals surface area contributed by atoms with Gasteiger partial charge < -0.3 is 13.9 Å². The van der Waals surface area contributed by atoms with Crippen LogP contribution >= 0.6 is 0 Å². The Morgan fingerprint density at radius 2 is 1.84 bits per heavy atom. The Morgan fingerprint density at radius 1 is 1.20 bits per heavy atom. The zero-order valence-corrected chi connectivity index (χ0v) is 17.7. The van der Waals surface area contributed by atoms with E-state index in [2.05, 4.69) is 59.5 Å². The molecule has 0 aliphatic carbocycles. The SMILES string of the molecule is C=C1O[C@H](COCc2ccccc2)[C@H](C)C[C@H]1O[Si](C)(C)C(C)(C)C. The minimum absolute atomic E-state index is 0.00117. The van der Waals surface area contributed by atoms with Gasteiger partial charge in [-0.2, -0.15) is 0 Å². The Kier molecular flexibility index (Phi) is 6.52. The number of rotatable bonds is 6. The summed E-state index contributed by atoms with van der Waals surface area (Å²) >= 11 is 0. The molecule has 0 bridgehead atoms. The number of benzene rings is 1. The van der Waals surface area contributed by atoms with Gasteiger partial charge in [-0.1, -0.05) is 64.6 Å². The lowest BCUT2D eigenvalue weighted by Gasteiger charge is -2.43. The molecule has 1 heterocycles. The fourth-order valence-electron chi connectivity index (χ4n) is 2.72. The van der Waals surface area contributed by atoms with Crippen LogP contribution in [0.15, 0.2) is 42.7 Å². The van der Waals surface area contributed by atoms with Gasteiger partial charge in [0.25, 0.3) is 0 Å². The molecule has 0 amide bonds. The average Bonchev–Trinajstić information content (AvgIpc) is 2.51. The quantitative estimate of drug-likeness (QED) is 0.623. The number of hydrogen-bond donors (Lipinski definition) is 0. The predicted molar refractivity (Wildman–Crippen MR) is 106 cm³/mol. The highest BCUT2D eigenvalue weighted by Gasteiger charge is 2.42. The standard InChI is InChI=1S/C21H34O3Si/c1-16-13-19(24-25(6,7)21(3,4)5)17(2)23-20(16)15-22-14-18-11-9-8-10-12-18/h8-12,16,19-20H,2,13-15H2,1,3-7H3/t16-,19-,20-/m1/s1. The van der Waals surface area contributed by atoms with Crippen molar-refractivity contribution in [2.75, 3.05) is 6.61 Å². The first kappa shape index (κ1) is 20.2. The number of hydrogen-bond acceptors (Lipinski definition) is 3. The van der Waals surface area contributed by atoms with E-state index < -0.39 is 8.32 Å². The predicted octanol–water partition coefficient (Wildman–Crippen LogP) is 5.53. The van der Waals surface area contributed by atoms with Gasteiger partial charge in [0, 0.05) is 0 Å². The van der Waals surface area contributed by atoms with Crippen LogP contribution in [0.5, 0.6) is 0 Å². The van der Waals surface area contributed by atoms with Crippen molar-refractivity contribution in [1.82, 2.24) is 0 Å². The van der Waals surface area contributed by atoms with Gasteiger partial charge in [0.15, 0.2) is 8.32 Å². The van der Waals surface area contributed by atoms with E-state index in [9.17, 15) is 0 Å². The maximum absolute atomic E-state index is 6.52. The van der Waals surface area contributed by atoms with Gasteiger partial charge in [-0.05, 0) is 36.0 Å². The summed E-state index contributed by atoms with van der Waals surface area (Å²) in [6.07, 6.45) is 1.00. The van der Waals surface area contributed by atoms with Crippen molar-refractivity contribution in [3.8, 4) is 0 Å². The van der Waals surface area contributed by atoms with Crippen LogP contribution in [0, 0.1) is 5.92 Å². The minimum Gasteiger partial charge on any atom is -0.490 e. The van der Waals surface area contributed by atoms with Gasteiger partial charge >= 0.3 is 0 Å². The van der Waals surface area contributed by atoms with Gasteiger partial charge in [-0.25, -0.2) is 0 Å². The molecule has 1 aromatic rings.